The lowest BCUT2D eigenvalue weighted by Crippen LogP contribution is -2.01. The van der Waals surface area contributed by atoms with Crippen molar-refractivity contribution in [3.63, 3.8) is 0 Å². The number of nitro benzene ring substituents is 2. The molecule has 0 aliphatic rings. The Kier molecular flexibility index (Phi) is 6.54. The van der Waals surface area contributed by atoms with E-state index in [1.54, 1.807) is 13.8 Å². The number of benzene rings is 2. The summed E-state index contributed by atoms with van der Waals surface area (Å²) in [6.45, 7) is 8.51. The Morgan fingerprint density at radius 3 is 1.35 bits per heavy atom. The van der Waals surface area contributed by atoms with Gasteiger partial charge in [0, 0.05) is 22.3 Å². The van der Waals surface area contributed by atoms with Crippen molar-refractivity contribution in [3.8, 4) is 0 Å². The molecule has 2 aromatic carbocycles. The minimum atomic E-state index is -1.08. The Bertz CT molecular complexity index is 843. The van der Waals surface area contributed by atoms with Gasteiger partial charge in [-0.05, 0) is 58.9 Å². The predicted molar refractivity (Wildman–Crippen MR) is 96.8 cm³/mol. The van der Waals surface area contributed by atoms with Crippen LogP contribution >= 0.6 is 0 Å². The van der Waals surface area contributed by atoms with Crippen molar-refractivity contribution >= 4 is 17.3 Å². The number of hydrogen-bond acceptors (Lipinski definition) is 5. The normalized spacial score (nSPS) is 9.88. The number of aryl methyl sites for hydroxylation is 5. The molecule has 0 fully saturated rings. The van der Waals surface area contributed by atoms with E-state index in [0.29, 0.717) is 11.1 Å². The van der Waals surface area contributed by atoms with Gasteiger partial charge >= 0.3 is 5.97 Å². The summed E-state index contributed by atoms with van der Waals surface area (Å²) < 4.78 is 0. The van der Waals surface area contributed by atoms with E-state index in [0.717, 1.165) is 16.7 Å². The number of nitrogens with zero attached hydrogens (tertiary/aromatic N) is 2. The molecule has 0 heterocycles. The highest BCUT2D eigenvalue weighted by atomic mass is 16.6. The van der Waals surface area contributed by atoms with Gasteiger partial charge in [-0.25, -0.2) is 4.79 Å². The summed E-state index contributed by atoms with van der Waals surface area (Å²) in [7, 11) is 0. The van der Waals surface area contributed by atoms with Crippen LogP contribution in [0, 0.1) is 54.8 Å². The smallest absolute Gasteiger partial charge is 0.335 e. The SMILES string of the molecule is Cc1cc(C(=O)O)cc(C)c1[N+](=O)[O-].Cc1cc(C)c([N+](=O)[O-])c(C)c1. The summed E-state index contributed by atoms with van der Waals surface area (Å²) in [4.78, 5) is 30.9. The molecule has 26 heavy (non-hydrogen) atoms. The van der Waals surface area contributed by atoms with Crippen molar-refractivity contribution < 1.29 is 19.7 Å². The number of rotatable bonds is 3. The molecule has 0 aromatic heterocycles. The van der Waals surface area contributed by atoms with Crippen molar-refractivity contribution in [2.45, 2.75) is 34.6 Å². The first kappa shape index (κ1) is 20.8. The van der Waals surface area contributed by atoms with Gasteiger partial charge in [0.1, 0.15) is 0 Å². The number of nitro groups is 2. The zero-order valence-corrected chi connectivity index (χ0v) is 15.2. The number of carbonyl (C=O) groups is 1. The molecular weight excluding hydrogens is 340 g/mol. The van der Waals surface area contributed by atoms with Crippen LogP contribution in [-0.2, 0) is 0 Å². The van der Waals surface area contributed by atoms with E-state index in [9.17, 15) is 25.0 Å². The van der Waals surface area contributed by atoms with Gasteiger partial charge in [0.05, 0.1) is 15.4 Å². The van der Waals surface area contributed by atoms with Gasteiger partial charge in [-0.15, -0.1) is 0 Å². The highest BCUT2D eigenvalue weighted by Gasteiger charge is 2.17. The van der Waals surface area contributed by atoms with Crippen LogP contribution < -0.4 is 0 Å². The number of hydrogen-bond donors (Lipinski definition) is 1. The number of carboxylic acids is 1. The molecule has 0 unspecified atom stereocenters. The molecular formula is C18H20N2O6. The highest BCUT2D eigenvalue weighted by molar-refractivity contribution is 5.88. The van der Waals surface area contributed by atoms with Crippen LogP contribution in [0.5, 0.6) is 0 Å². The van der Waals surface area contributed by atoms with E-state index < -0.39 is 10.9 Å². The summed E-state index contributed by atoms with van der Waals surface area (Å²) in [5.41, 5.74) is 3.56. The van der Waals surface area contributed by atoms with Crippen molar-refractivity contribution in [1.82, 2.24) is 0 Å². The Hall–Kier alpha value is -3.29. The molecule has 138 valence electrons. The summed E-state index contributed by atoms with van der Waals surface area (Å²) in [6, 6.07) is 6.25. The maximum absolute atomic E-state index is 10.6. The monoisotopic (exact) mass is 360 g/mol. The lowest BCUT2D eigenvalue weighted by molar-refractivity contribution is -0.386. The summed E-state index contributed by atoms with van der Waals surface area (Å²) in [5.74, 6) is -1.08. The lowest BCUT2D eigenvalue weighted by Gasteiger charge is -2.02. The Labute approximate surface area is 150 Å². The third-order valence-corrected chi connectivity index (χ3v) is 3.74. The lowest BCUT2D eigenvalue weighted by atomic mass is 10.0. The molecule has 2 aromatic rings. The van der Waals surface area contributed by atoms with Crippen molar-refractivity contribution in [3.05, 3.63) is 77.9 Å². The van der Waals surface area contributed by atoms with Gasteiger partial charge in [0.25, 0.3) is 11.4 Å². The van der Waals surface area contributed by atoms with Gasteiger partial charge < -0.3 is 5.11 Å². The van der Waals surface area contributed by atoms with Crippen LogP contribution in [0.4, 0.5) is 11.4 Å². The zero-order chi connectivity index (χ0) is 20.2. The molecule has 0 radical (unpaired) electrons. The van der Waals surface area contributed by atoms with Crippen LogP contribution in [0.25, 0.3) is 0 Å². The van der Waals surface area contributed by atoms with Gasteiger partial charge in [-0.2, -0.15) is 0 Å². The Balaban J connectivity index is 0.000000263. The molecule has 0 amide bonds. The summed E-state index contributed by atoms with van der Waals surface area (Å²) >= 11 is 0. The standard InChI is InChI=1S/C9H9NO4.C9H11NO2/c1-5-3-7(9(11)12)4-6(2)8(5)10(13)14;1-6-4-7(2)9(10(11)12)8(3)5-6/h3-4H,1-2H3,(H,11,12);4-5H,1-3H3. The minimum absolute atomic E-state index is 0.0185. The average Bonchev–Trinajstić information content (AvgIpc) is 2.44. The number of aromatic carboxylic acids is 1. The third kappa shape index (κ3) is 4.85. The summed E-state index contributed by atoms with van der Waals surface area (Å²) in [5, 5.41) is 29.8. The molecule has 8 heteroatoms. The molecule has 0 saturated carbocycles. The number of carboxylic acid groups (broad SMARTS) is 1. The zero-order valence-electron chi connectivity index (χ0n) is 15.2. The fourth-order valence-corrected chi connectivity index (χ4v) is 2.83. The molecule has 0 aliphatic carbocycles. The fraction of sp³-hybridized carbons (Fsp3) is 0.278. The fourth-order valence-electron chi connectivity index (χ4n) is 2.83. The first-order valence-electron chi connectivity index (χ1n) is 7.66. The largest absolute Gasteiger partial charge is 0.478 e. The summed E-state index contributed by atoms with van der Waals surface area (Å²) in [6.07, 6.45) is 0. The molecule has 0 spiro atoms. The van der Waals surface area contributed by atoms with Gasteiger partial charge in [0.15, 0.2) is 0 Å². The molecule has 0 bridgehead atoms. The first-order valence-corrected chi connectivity index (χ1v) is 7.66. The van der Waals surface area contributed by atoms with E-state index in [1.807, 2.05) is 19.1 Å². The molecule has 0 saturated heterocycles. The maximum Gasteiger partial charge on any atom is 0.335 e. The van der Waals surface area contributed by atoms with E-state index in [2.05, 4.69) is 0 Å². The Morgan fingerprint density at radius 1 is 0.769 bits per heavy atom. The quantitative estimate of drug-likeness (QED) is 0.638. The van der Waals surface area contributed by atoms with E-state index in [1.165, 1.54) is 26.0 Å². The average molecular weight is 360 g/mol. The van der Waals surface area contributed by atoms with Gasteiger partial charge in [-0.3, -0.25) is 20.2 Å². The molecule has 0 atom stereocenters. The van der Waals surface area contributed by atoms with E-state index in [4.69, 9.17) is 5.11 Å². The molecule has 0 aliphatic heterocycles. The van der Waals surface area contributed by atoms with Gasteiger partial charge in [-0.1, -0.05) is 5.56 Å². The van der Waals surface area contributed by atoms with Crippen molar-refractivity contribution in [2.75, 3.05) is 0 Å². The maximum atomic E-state index is 10.6. The molecule has 8 nitrogen and oxygen atoms in total. The Morgan fingerprint density at radius 2 is 1.08 bits per heavy atom. The first-order chi connectivity index (χ1) is 12.0. The molecule has 2 rings (SSSR count). The van der Waals surface area contributed by atoms with E-state index in [-0.39, 0.29) is 21.9 Å². The predicted octanol–water partition coefficient (Wildman–Crippen LogP) is 4.43. The van der Waals surface area contributed by atoms with Crippen LogP contribution in [-0.4, -0.2) is 20.9 Å². The minimum Gasteiger partial charge on any atom is -0.478 e. The third-order valence-electron chi connectivity index (χ3n) is 3.74. The topological polar surface area (TPSA) is 124 Å². The second-order valence-corrected chi connectivity index (χ2v) is 6.03. The van der Waals surface area contributed by atoms with E-state index >= 15 is 0 Å². The van der Waals surface area contributed by atoms with Crippen LogP contribution in [0.2, 0.25) is 0 Å². The second-order valence-electron chi connectivity index (χ2n) is 6.03. The highest BCUT2D eigenvalue weighted by Crippen LogP contribution is 2.24. The van der Waals surface area contributed by atoms with Crippen molar-refractivity contribution in [2.24, 2.45) is 0 Å². The second kappa shape index (κ2) is 8.19. The van der Waals surface area contributed by atoms with Crippen LogP contribution in [0.3, 0.4) is 0 Å². The van der Waals surface area contributed by atoms with Crippen LogP contribution in [0.15, 0.2) is 24.3 Å². The van der Waals surface area contributed by atoms with Gasteiger partial charge in [0.2, 0.25) is 0 Å². The molecule has 1 N–H and O–H groups in total. The van der Waals surface area contributed by atoms with Crippen molar-refractivity contribution in [1.29, 1.82) is 0 Å². The van der Waals surface area contributed by atoms with Crippen LogP contribution in [0.1, 0.15) is 38.2 Å².